The Hall–Kier alpha value is -3.33. The number of nitrogens with zero attached hydrogens (tertiary/aromatic N) is 1. The molecular formula is C26H25NO2. The van der Waals surface area contributed by atoms with E-state index in [0.29, 0.717) is 0 Å². The number of hydrogen-bond donors (Lipinski definition) is 0. The average Bonchev–Trinajstić information content (AvgIpc) is 2.79. The quantitative estimate of drug-likeness (QED) is 0.510. The summed E-state index contributed by atoms with van der Waals surface area (Å²) >= 11 is 0. The molecular weight excluding hydrogens is 358 g/mol. The summed E-state index contributed by atoms with van der Waals surface area (Å²) < 4.78 is 5.29. The Bertz CT molecular complexity index is 1010. The summed E-state index contributed by atoms with van der Waals surface area (Å²) in [5.74, 6) is -0.260. The van der Waals surface area contributed by atoms with Crippen molar-refractivity contribution in [3.8, 4) is 0 Å². The highest BCUT2D eigenvalue weighted by atomic mass is 16.5. The highest BCUT2D eigenvalue weighted by Gasteiger charge is 2.38. The van der Waals surface area contributed by atoms with E-state index in [1.54, 1.807) is 0 Å². The van der Waals surface area contributed by atoms with Crippen LogP contribution in [0, 0.1) is 0 Å². The highest BCUT2D eigenvalue weighted by Crippen LogP contribution is 2.46. The number of anilines is 1. The van der Waals surface area contributed by atoms with Gasteiger partial charge < -0.3 is 9.64 Å². The van der Waals surface area contributed by atoms with Crippen molar-refractivity contribution in [3.05, 3.63) is 107 Å². The molecule has 0 N–H and O–H groups in total. The van der Waals surface area contributed by atoms with E-state index >= 15 is 0 Å². The number of methoxy groups -OCH3 is 1. The van der Waals surface area contributed by atoms with Gasteiger partial charge in [-0.2, -0.15) is 0 Å². The van der Waals surface area contributed by atoms with Crippen molar-refractivity contribution in [2.24, 2.45) is 0 Å². The molecule has 0 fully saturated rings. The van der Waals surface area contributed by atoms with E-state index < -0.39 is 6.04 Å². The lowest BCUT2D eigenvalue weighted by molar-refractivity contribution is -0.142. The summed E-state index contributed by atoms with van der Waals surface area (Å²) in [7, 11) is 1.46. The van der Waals surface area contributed by atoms with Gasteiger partial charge in [-0.1, -0.05) is 91.9 Å². The maximum atomic E-state index is 13.1. The standard InChI is InChI=1S/C26H25NO2/c1-3-19-18-22-16-10-11-17-23(22)27(24(19)20-12-6-4-7-13-20)25(26(28)29-2)21-14-8-5-9-15-21/h4-18,24-25H,3H2,1-2H3/t24-,25?/m0/s1. The molecule has 1 unspecified atom stereocenters. The maximum Gasteiger partial charge on any atom is 0.333 e. The van der Waals surface area contributed by atoms with Gasteiger partial charge in [-0.15, -0.1) is 0 Å². The largest absolute Gasteiger partial charge is 0.467 e. The van der Waals surface area contributed by atoms with Gasteiger partial charge in [0, 0.05) is 5.69 Å². The summed E-state index contributed by atoms with van der Waals surface area (Å²) in [5, 5.41) is 0. The van der Waals surface area contributed by atoms with Crippen LogP contribution in [0.4, 0.5) is 5.69 Å². The summed E-state index contributed by atoms with van der Waals surface area (Å²) in [6.07, 6.45) is 3.16. The second-order valence-corrected chi connectivity index (χ2v) is 7.19. The third kappa shape index (κ3) is 3.56. The van der Waals surface area contributed by atoms with Gasteiger partial charge in [-0.05, 0) is 34.8 Å². The molecule has 3 heteroatoms. The minimum absolute atomic E-state index is 0.0413. The van der Waals surface area contributed by atoms with Crippen LogP contribution in [0.2, 0.25) is 0 Å². The molecule has 1 heterocycles. The molecule has 3 aromatic rings. The first kappa shape index (κ1) is 19.0. The Morgan fingerprint density at radius 3 is 2.21 bits per heavy atom. The predicted molar refractivity (Wildman–Crippen MR) is 118 cm³/mol. The first-order valence-corrected chi connectivity index (χ1v) is 10.00. The number of para-hydroxylation sites is 1. The highest BCUT2D eigenvalue weighted by molar-refractivity contribution is 5.86. The first-order valence-electron chi connectivity index (χ1n) is 10.00. The molecule has 1 aliphatic rings. The molecule has 4 rings (SSSR count). The van der Waals surface area contributed by atoms with Crippen LogP contribution >= 0.6 is 0 Å². The van der Waals surface area contributed by atoms with E-state index in [2.05, 4.69) is 54.3 Å². The predicted octanol–water partition coefficient (Wildman–Crippen LogP) is 5.96. The van der Waals surface area contributed by atoms with Crippen molar-refractivity contribution in [1.29, 1.82) is 0 Å². The molecule has 0 bridgehead atoms. The van der Waals surface area contributed by atoms with Crippen molar-refractivity contribution in [2.45, 2.75) is 25.4 Å². The van der Waals surface area contributed by atoms with E-state index in [0.717, 1.165) is 23.2 Å². The van der Waals surface area contributed by atoms with Gasteiger partial charge in [0.1, 0.15) is 0 Å². The number of ether oxygens (including phenoxy) is 1. The minimum atomic E-state index is -0.539. The smallest absolute Gasteiger partial charge is 0.333 e. The summed E-state index contributed by atoms with van der Waals surface area (Å²) in [6.45, 7) is 2.17. The van der Waals surface area contributed by atoms with Crippen molar-refractivity contribution in [1.82, 2.24) is 0 Å². The van der Waals surface area contributed by atoms with E-state index in [9.17, 15) is 4.79 Å². The van der Waals surface area contributed by atoms with Gasteiger partial charge in [0.15, 0.2) is 6.04 Å². The van der Waals surface area contributed by atoms with Crippen LogP contribution in [0.15, 0.2) is 90.5 Å². The van der Waals surface area contributed by atoms with Crippen LogP contribution in [0.1, 0.15) is 42.1 Å². The second-order valence-electron chi connectivity index (χ2n) is 7.19. The second kappa shape index (κ2) is 8.36. The number of carbonyl (C=O) groups is 1. The number of hydrogen-bond acceptors (Lipinski definition) is 3. The van der Waals surface area contributed by atoms with E-state index in [4.69, 9.17) is 4.74 Å². The molecule has 3 nitrogen and oxygen atoms in total. The molecule has 1 aliphatic heterocycles. The lowest BCUT2D eigenvalue weighted by atomic mass is 9.86. The van der Waals surface area contributed by atoms with Gasteiger partial charge in [-0.25, -0.2) is 4.79 Å². The molecule has 0 saturated heterocycles. The number of benzene rings is 3. The molecule has 0 saturated carbocycles. The fourth-order valence-electron chi connectivity index (χ4n) is 4.19. The van der Waals surface area contributed by atoms with Crippen LogP contribution in [-0.2, 0) is 9.53 Å². The fourth-order valence-corrected chi connectivity index (χ4v) is 4.19. The Balaban J connectivity index is 1.97. The third-order valence-corrected chi connectivity index (χ3v) is 5.53. The molecule has 0 radical (unpaired) electrons. The van der Waals surface area contributed by atoms with Crippen molar-refractivity contribution >= 4 is 17.7 Å². The third-order valence-electron chi connectivity index (χ3n) is 5.53. The molecule has 2 atom stereocenters. The zero-order valence-corrected chi connectivity index (χ0v) is 16.8. The van der Waals surface area contributed by atoms with Crippen molar-refractivity contribution in [2.75, 3.05) is 12.0 Å². The van der Waals surface area contributed by atoms with Crippen molar-refractivity contribution < 1.29 is 9.53 Å². The Labute approximate surface area is 172 Å². The maximum absolute atomic E-state index is 13.1. The summed E-state index contributed by atoms with van der Waals surface area (Å²) in [6, 6.07) is 28.0. The Morgan fingerprint density at radius 1 is 0.931 bits per heavy atom. The molecule has 0 aromatic heterocycles. The summed E-state index contributed by atoms with van der Waals surface area (Å²) in [4.78, 5) is 15.3. The van der Waals surface area contributed by atoms with E-state index in [-0.39, 0.29) is 12.0 Å². The topological polar surface area (TPSA) is 29.5 Å². The van der Waals surface area contributed by atoms with Crippen LogP contribution in [-0.4, -0.2) is 13.1 Å². The average molecular weight is 383 g/mol. The molecule has 0 amide bonds. The number of carbonyl (C=O) groups excluding carboxylic acids is 1. The molecule has 0 aliphatic carbocycles. The van der Waals surface area contributed by atoms with Crippen LogP contribution in [0.5, 0.6) is 0 Å². The summed E-state index contributed by atoms with van der Waals surface area (Å²) in [5.41, 5.74) is 5.53. The Morgan fingerprint density at radius 2 is 1.55 bits per heavy atom. The van der Waals surface area contributed by atoms with E-state index in [1.807, 2.05) is 48.5 Å². The Kier molecular flexibility index (Phi) is 5.48. The lowest BCUT2D eigenvalue weighted by Crippen LogP contribution is -2.40. The zero-order valence-electron chi connectivity index (χ0n) is 16.8. The number of esters is 1. The SMILES string of the molecule is CCC1=Cc2ccccc2N(C(C(=O)OC)c2ccccc2)[C@@H]1c1ccccc1. The monoisotopic (exact) mass is 383 g/mol. The van der Waals surface area contributed by atoms with Crippen LogP contribution in [0.25, 0.3) is 6.08 Å². The lowest BCUT2D eigenvalue weighted by Gasteiger charge is -2.43. The minimum Gasteiger partial charge on any atom is -0.467 e. The fraction of sp³-hybridized carbons (Fsp3) is 0.192. The van der Waals surface area contributed by atoms with Gasteiger partial charge in [0.05, 0.1) is 13.2 Å². The molecule has 3 aromatic carbocycles. The van der Waals surface area contributed by atoms with Gasteiger partial charge in [-0.3, -0.25) is 0 Å². The molecule has 146 valence electrons. The molecule has 0 spiro atoms. The van der Waals surface area contributed by atoms with Crippen molar-refractivity contribution in [3.63, 3.8) is 0 Å². The first-order chi connectivity index (χ1) is 14.2. The van der Waals surface area contributed by atoms with Crippen LogP contribution in [0.3, 0.4) is 0 Å². The van der Waals surface area contributed by atoms with Crippen LogP contribution < -0.4 is 4.90 Å². The number of fused-ring (bicyclic) bond motifs is 1. The normalized spacial score (nSPS) is 16.6. The zero-order chi connectivity index (χ0) is 20.2. The van der Waals surface area contributed by atoms with E-state index in [1.165, 1.54) is 18.2 Å². The number of rotatable bonds is 5. The van der Waals surface area contributed by atoms with Gasteiger partial charge in [0.25, 0.3) is 0 Å². The van der Waals surface area contributed by atoms with Gasteiger partial charge >= 0.3 is 5.97 Å². The van der Waals surface area contributed by atoms with Gasteiger partial charge in [0.2, 0.25) is 0 Å². The molecule has 29 heavy (non-hydrogen) atoms.